The van der Waals surface area contributed by atoms with Crippen molar-refractivity contribution in [3.05, 3.63) is 24.3 Å². The van der Waals surface area contributed by atoms with Gasteiger partial charge in [0.05, 0.1) is 10.2 Å². The molecule has 102 valence electrons. The van der Waals surface area contributed by atoms with Gasteiger partial charge in [0.15, 0.2) is 0 Å². The predicted molar refractivity (Wildman–Crippen MR) is 75.8 cm³/mol. The molecule has 1 saturated heterocycles. The van der Waals surface area contributed by atoms with Crippen LogP contribution in [0.1, 0.15) is 6.92 Å². The number of para-hydroxylation sites is 1. The van der Waals surface area contributed by atoms with Gasteiger partial charge in [0.1, 0.15) is 0 Å². The SMILES string of the molecule is C[C@H]1CNCCN1S(=O)(=O)c1nc2ccccc2s1. The largest absolute Gasteiger partial charge is 0.314 e. The van der Waals surface area contributed by atoms with E-state index in [0.29, 0.717) is 19.6 Å². The monoisotopic (exact) mass is 297 g/mol. The predicted octanol–water partition coefficient (Wildman–Crippen LogP) is 1.28. The summed E-state index contributed by atoms with van der Waals surface area (Å²) in [6, 6.07) is 7.46. The molecule has 1 aliphatic heterocycles. The maximum absolute atomic E-state index is 12.6. The van der Waals surface area contributed by atoms with E-state index in [4.69, 9.17) is 0 Å². The van der Waals surface area contributed by atoms with Crippen molar-refractivity contribution in [3.8, 4) is 0 Å². The zero-order valence-corrected chi connectivity index (χ0v) is 12.2. The number of hydrogen-bond donors (Lipinski definition) is 1. The highest BCUT2D eigenvalue weighted by Gasteiger charge is 2.33. The lowest BCUT2D eigenvalue weighted by Gasteiger charge is -2.31. The normalized spacial score (nSPS) is 21.8. The first-order valence-electron chi connectivity index (χ1n) is 6.17. The summed E-state index contributed by atoms with van der Waals surface area (Å²) in [6.07, 6.45) is 0. The standard InChI is InChI=1S/C12H15N3O2S2/c1-9-8-13-6-7-15(9)19(16,17)12-14-10-4-2-3-5-11(10)18-12/h2-5,9,13H,6-8H2,1H3/t9-/m0/s1. The fourth-order valence-corrected chi connectivity index (χ4v) is 5.21. The van der Waals surface area contributed by atoms with E-state index in [1.54, 1.807) is 4.31 Å². The number of aromatic nitrogens is 1. The van der Waals surface area contributed by atoms with E-state index in [0.717, 1.165) is 10.2 Å². The summed E-state index contributed by atoms with van der Waals surface area (Å²) < 4.78 is 27.9. The maximum Gasteiger partial charge on any atom is 0.270 e. The zero-order valence-electron chi connectivity index (χ0n) is 10.5. The second-order valence-electron chi connectivity index (χ2n) is 4.62. The van der Waals surface area contributed by atoms with Gasteiger partial charge in [-0.2, -0.15) is 4.31 Å². The highest BCUT2D eigenvalue weighted by atomic mass is 32.2. The Morgan fingerprint density at radius 1 is 1.42 bits per heavy atom. The van der Waals surface area contributed by atoms with Gasteiger partial charge in [-0.1, -0.05) is 12.1 Å². The topological polar surface area (TPSA) is 62.3 Å². The lowest BCUT2D eigenvalue weighted by Crippen LogP contribution is -2.52. The first kappa shape index (κ1) is 13.0. The minimum absolute atomic E-state index is 0.0363. The molecule has 19 heavy (non-hydrogen) atoms. The van der Waals surface area contributed by atoms with Crippen molar-refractivity contribution in [3.63, 3.8) is 0 Å². The number of rotatable bonds is 2. The highest BCUT2D eigenvalue weighted by Crippen LogP contribution is 2.28. The van der Waals surface area contributed by atoms with Gasteiger partial charge in [0.25, 0.3) is 10.0 Å². The van der Waals surface area contributed by atoms with Crippen LogP contribution in [-0.4, -0.2) is 43.4 Å². The average molecular weight is 297 g/mol. The summed E-state index contributed by atoms with van der Waals surface area (Å²) in [7, 11) is -3.47. The van der Waals surface area contributed by atoms with Gasteiger partial charge in [-0.15, -0.1) is 11.3 Å². The summed E-state index contributed by atoms with van der Waals surface area (Å²) in [6.45, 7) is 3.79. The van der Waals surface area contributed by atoms with Crippen LogP contribution in [0.3, 0.4) is 0 Å². The second kappa shape index (κ2) is 4.82. The van der Waals surface area contributed by atoms with Crippen molar-refractivity contribution < 1.29 is 8.42 Å². The fourth-order valence-electron chi connectivity index (χ4n) is 2.24. The maximum atomic E-state index is 12.6. The molecule has 1 aromatic heterocycles. The second-order valence-corrected chi connectivity index (χ2v) is 7.71. The summed E-state index contributed by atoms with van der Waals surface area (Å²) in [5.74, 6) is 0. The molecule has 0 spiro atoms. The van der Waals surface area contributed by atoms with Crippen LogP contribution < -0.4 is 5.32 Å². The zero-order chi connectivity index (χ0) is 13.5. The Balaban J connectivity index is 2.03. The van der Waals surface area contributed by atoms with Crippen LogP contribution in [0.25, 0.3) is 10.2 Å². The van der Waals surface area contributed by atoms with E-state index in [1.165, 1.54) is 11.3 Å². The Bertz CT molecular complexity index is 663. The minimum atomic E-state index is -3.47. The van der Waals surface area contributed by atoms with Gasteiger partial charge in [0, 0.05) is 25.7 Å². The van der Waals surface area contributed by atoms with Crippen molar-refractivity contribution in [2.24, 2.45) is 0 Å². The molecule has 0 bridgehead atoms. The van der Waals surface area contributed by atoms with E-state index < -0.39 is 10.0 Å². The van der Waals surface area contributed by atoms with Crippen LogP contribution >= 0.6 is 11.3 Å². The molecule has 0 saturated carbocycles. The molecular weight excluding hydrogens is 282 g/mol. The van der Waals surface area contributed by atoms with Gasteiger partial charge in [-0.3, -0.25) is 0 Å². The summed E-state index contributed by atoms with van der Waals surface area (Å²) >= 11 is 1.24. The van der Waals surface area contributed by atoms with E-state index >= 15 is 0 Å². The first-order valence-corrected chi connectivity index (χ1v) is 8.43. The quantitative estimate of drug-likeness (QED) is 0.907. The molecule has 1 N–H and O–H groups in total. The molecule has 2 heterocycles. The van der Waals surface area contributed by atoms with Crippen LogP contribution in [-0.2, 0) is 10.0 Å². The molecule has 0 radical (unpaired) electrons. The minimum Gasteiger partial charge on any atom is -0.314 e. The fraction of sp³-hybridized carbons (Fsp3) is 0.417. The van der Waals surface area contributed by atoms with Gasteiger partial charge >= 0.3 is 0 Å². The van der Waals surface area contributed by atoms with Gasteiger partial charge in [-0.25, -0.2) is 13.4 Å². The third kappa shape index (κ3) is 2.27. The smallest absolute Gasteiger partial charge is 0.270 e. The Morgan fingerprint density at radius 2 is 2.21 bits per heavy atom. The van der Waals surface area contributed by atoms with Crippen molar-refractivity contribution in [2.45, 2.75) is 17.3 Å². The molecule has 1 aromatic carbocycles. The number of piperazine rings is 1. The molecular formula is C12H15N3O2S2. The molecule has 0 amide bonds. The van der Waals surface area contributed by atoms with Gasteiger partial charge < -0.3 is 5.32 Å². The first-order chi connectivity index (χ1) is 9.09. The number of benzene rings is 1. The molecule has 0 unspecified atom stereocenters. The van der Waals surface area contributed by atoms with E-state index in [9.17, 15) is 8.42 Å². The van der Waals surface area contributed by atoms with E-state index in [2.05, 4.69) is 10.3 Å². The number of thiazole rings is 1. The summed E-state index contributed by atoms with van der Waals surface area (Å²) in [4.78, 5) is 4.26. The number of sulfonamides is 1. The number of hydrogen-bond acceptors (Lipinski definition) is 5. The highest BCUT2D eigenvalue weighted by molar-refractivity contribution is 7.91. The van der Waals surface area contributed by atoms with Crippen LogP contribution in [0.4, 0.5) is 0 Å². The Labute approximate surface area is 116 Å². The van der Waals surface area contributed by atoms with Crippen molar-refractivity contribution in [1.82, 2.24) is 14.6 Å². The van der Waals surface area contributed by atoms with Crippen LogP contribution in [0.2, 0.25) is 0 Å². The van der Waals surface area contributed by atoms with Crippen LogP contribution in [0, 0.1) is 0 Å². The number of fused-ring (bicyclic) bond motifs is 1. The summed E-state index contributed by atoms with van der Waals surface area (Å²) in [5.41, 5.74) is 0.744. The molecule has 5 nitrogen and oxygen atoms in total. The lowest BCUT2D eigenvalue weighted by molar-refractivity contribution is 0.284. The van der Waals surface area contributed by atoms with Crippen molar-refractivity contribution >= 4 is 31.6 Å². The molecule has 1 aliphatic rings. The molecule has 7 heteroatoms. The molecule has 1 fully saturated rings. The molecule has 1 atom stereocenters. The van der Waals surface area contributed by atoms with Crippen molar-refractivity contribution in [2.75, 3.05) is 19.6 Å². The Morgan fingerprint density at radius 3 is 2.95 bits per heavy atom. The third-order valence-electron chi connectivity index (χ3n) is 3.24. The third-order valence-corrected chi connectivity index (χ3v) is 6.65. The van der Waals surface area contributed by atoms with Crippen LogP contribution in [0.15, 0.2) is 28.6 Å². The molecule has 3 rings (SSSR count). The number of nitrogens with one attached hydrogen (secondary N) is 1. The summed E-state index contributed by atoms with van der Waals surface area (Å²) in [5, 5.41) is 3.19. The molecule has 2 aromatic rings. The lowest BCUT2D eigenvalue weighted by atomic mass is 10.3. The van der Waals surface area contributed by atoms with Crippen LogP contribution in [0.5, 0.6) is 0 Å². The molecule has 0 aliphatic carbocycles. The van der Waals surface area contributed by atoms with Crippen molar-refractivity contribution in [1.29, 1.82) is 0 Å². The number of nitrogens with zero attached hydrogens (tertiary/aromatic N) is 2. The van der Waals surface area contributed by atoms with Gasteiger partial charge in [0.2, 0.25) is 4.34 Å². The van der Waals surface area contributed by atoms with Gasteiger partial charge in [-0.05, 0) is 19.1 Å². The van der Waals surface area contributed by atoms with E-state index in [-0.39, 0.29) is 10.4 Å². The Hall–Kier alpha value is -1.02. The Kier molecular flexibility index (Phi) is 3.30. The average Bonchev–Trinajstić information content (AvgIpc) is 2.83. The van der Waals surface area contributed by atoms with E-state index in [1.807, 2.05) is 31.2 Å².